The Morgan fingerprint density at radius 1 is 1.09 bits per heavy atom. The minimum Gasteiger partial charge on any atom is -0.488 e. The van der Waals surface area contributed by atoms with Crippen molar-refractivity contribution in [3.8, 4) is 22.2 Å². The molecule has 3 aromatic rings. The van der Waals surface area contributed by atoms with E-state index in [1.54, 1.807) is 51.1 Å². The second kappa shape index (κ2) is 9.78. The zero-order valence-electron chi connectivity index (χ0n) is 18.5. The van der Waals surface area contributed by atoms with Gasteiger partial charge in [0, 0.05) is 11.1 Å². The second-order valence-corrected chi connectivity index (χ2v) is 8.71. The van der Waals surface area contributed by atoms with Crippen LogP contribution < -0.4 is 9.47 Å². The molecule has 2 heterocycles. The summed E-state index contributed by atoms with van der Waals surface area (Å²) >= 11 is 1.28. The molecule has 0 unspecified atom stereocenters. The molecule has 0 N–H and O–H groups in total. The number of aromatic nitrogens is 2. The molecular formula is C23H23F3N2O4S. The highest BCUT2D eigenvalue weighted by Crippen LogP contribution is 2.33. The number of carbonyl (C=O) groups is 1. The number of alkyl halides is 3. The SMILES string of the molecule is CCOC(=O)C(C)(C)Oc1ccc(OCc2sc(-c3nccc(C(F)(F)F)n3)cc2C)cc1. The van der Waals surface area contributed by atoms with Crippen LogP contribution in [0.1, 0.15) is 36.9 Å². The van der Waals surface area contributed by atoms with Crippen LogP contribution in [0, 0.1) is 6.92 Å². The Labute approximate surface area is 193 Å². The Morgan fingerprint density at radius 3 is 2.39 bits per heavy atom. The first-order valence-corrected chi connectivity index (χ1v) is 10.9. The minimum atomic E-state index is -4.53. The zero-order valence-corrected chi connectivity index (χ0v) is 19.3. The first-order valence-electron chi connectivity index (χ1n) is 10.1. The molecule has 33 heavy (non-hydrogen) atoms. The predicted molar refractivity (Wildman–Crippen MR) is 117 cm³/mol. The van der Waals surface area contributed by atoms with Gasteiger partial charge in [0.25, 0.3) is 0 Å². The second-order valence-electron chi connectivity index (χ2n) is 7.57. The fourth-order valence-electron chi connectivity index (χ4n) is 2.80. The van der Waals surface area contributed by atoms with Gasteiger partial charge in [0.05, 0.1) is 11.5 Å². The van der Waals surface area contributed by atoms with Gasteiger partial charge in [-0.25, -0.2) is 14.8 Å². The maximum absolute atomic E-state index is 12.9. The summed E-state index contributed by atoms with van der Waals surface area (Å²) in [6.07, 6.45) is -3.43. The lowest BCUT2D eigenvalue weighted by molar-refractivity contribution is -0.158. The normalized spacial score (nSPS) is 11.8. The van der Waals surface area contributed by atoms with E-state index in [9.17, 15) is 18.0 Å². The molecule has 0 aliphatic carbocycles. The van der Waals surface area contributed by atoms with E-state index in [0.717, 1.165) is 22.7 Å². The van der Waals surface area contributed by atoms with Crippen LogP contribution in [0.4, 0.5) is 13.2 Å². The fraction of sp³-hybridized carbons (Fsp3) is 0.348. The lowest BCUT2D eigenvalue weighted by Gasteiger charge is -2.24. The Kier molecular flexibility index (Phi) is 7.26. The molecule has 176 valence electrons. The Bertz CT molecular complexity index is 1110. The number of ether oxygens (including phenoxy) is 3. The number of hydrogen-bond acceptors (Lipinski definition) is 7. The van der Waals surface area contributed by atoms with E-state index in [0.29, 0.717) is 16.4 Å². The molecule has 0 spiro atoms. The number of esters is 1. The van der Waals surface area contributed by atoms with Crippen molar-refractivity contribution < 1.29 is 32.2 Å². The predicted octanol–water partition coefficient (Wildman–Crippen LogP) is 5.83. The summed E-state index contributed by atoms with van der Waals surface area (Å²) in [5, 5.41) is 0. The van der Waals surface area contributed by atoms with Crippen molar-refractivity contribution >= 4 is 17.3 Å². The van der Waals surface area contributed by atoms with Crippen LogP contribution in [0.25, 0.3) is 10.7 Å². The van der Waals surface area contributed by atoms with Gasteiger partial charge in [0.15, 0.2) is 11.4 Å². The van der Waals surface area contributed by atoms with Gasteiger partial charge < -0.3 is 14.2 Å². The van der Waals surface area contributed by atoms with Crippen molar-refractivity contribution in [1.82, 2.24) is 9.97 Å². The highest BCUT2D eigenvalue weighted by molar-refractivity contribution is 7.15. The summed E-state index contributed by atoms with van der Waals surface area (Å²) < 4.78 is 55.3. The quantitative estimate of drug-likeness (QED) is 0.378. The average Bonchev–Trinajstić information content (AvgIpc) is 3.13. The molecule has 3 rings (SSSR count). The molecule has 2 aromatic heterocycles. The molecule has 6 nitrogen and oxygen atoms in total. The highest BCUT2D eigenvalue weighted by Gasteiger charge is 2.33. The summed E-state index contributed by atoms with van der Waals surface area (Å²) in [5.41, 5.74) is -1.24. The molecule has 0 saturated heterocycles. The van der Waals surface area contributed by atoms with Gasteiger partial charge in [-0.3, -0.25) is 0 Å². The lowest BCUT2D eigenvalue weighted by atomic mass is 10.1. The molecule has 0 fully saturated rings. The average molecular weight is 481 g/mol. The fourth-order valence-corrected chi connectivity index (χ4v) is 3.83. The molecule has 0 aliphatic heterocycles. The van der Waals surface area contributed by atoms with Crippen LogP contribution in [0.5, 0.6) is 11.5 Å². The standard InChI is InChI=1S/C23H23F3N2O4S/c1-5-30-21(29)22(3,4)32-16-8-6-15(7-9-16)31-13-18-14(2)12-17(33-18)20-27-11-10-19(28-20)23(24,25)26/h6-12H,5,13H2,1-4H3. The van der Waals surface area contributed by atoms with Gasteiger partial charge in [-0.15, -0.1) is 11.3 Å². The molecule has 0 bridgehead atoms. The molecule has 0 atom stereocenters. The maximum atomic E-state index is 12.9. The topological polar surface area (TPSA) is 70.5 Å². The largest absolute Gasteiger partial charge is 0.488 e. The number of hydrogen-bond donors (Lipinski definition) is 0. The molecule has 1 aromatic carbocycles. The van der Waals surface area contributed by atoms with Crippen LogP contribution >= 0.6 is 11.3 Å². The molecule has 0 aliphatic rings. The summed E-state index contributed by atoms with van der Waals surface area (Å²) in [5.74, 6) is 0.617. The van der Waals surface area contributed by atoms with E-state index >= 15 is 0 Å². The van der Waals surface area contributed by atoms with Crippen molar-refractivity contribution in [2.45, 2.75) is 46.1 Å². The minimum absolute atomic E-state index is 0.0230. The van der Waals surface area contributed by atoms with Gasteiger partial charge in [-0.05, 0) is 69.7 Å². The van der Waals surface area contributed by atoms with Crippen molar-refractivity contribution in [3.63, 3.8) is 0 Å². The van der Waals surface area contributed by atoms with Crippen molar-refractivity contribution in [2.24, 2.45) is 0 Å². The van der Waals surface area contributed by atoms with Gasteiger partial charge in [0.1, 0.15) is 23.8 Å². The maximum Gasteiger partial charge on any atom is 0.433 e. The van der Waals surface area contributed by atoms with Crippen LogP contribution in [0.3, 0.4) is 0 Å². The number of benzene rings is 1. The van der Waals surface area contributed by atoms with Gasteiger partial charge >= 0.3 is 12.1 Å². The Balaban J connectivity index is 1.65. The van der Waals surface area contributed by atoms with Gasteiger partial charge in [-0.2, -0.15) is 13.2 Å². The third kappa shape index (κ3) is 6.22. The molecule has 0 saturated carbocycles. The van der Waals surface area contributed by atoms with E-state index in [-0.39, 0.29) is 19.0 Å². The smallest absolute Gasteiger partial charge is 0.433 e. The van der Waals surface area contributed by atoms with E-state index in [4.69, 9.17) is 14.2 Å². The monoisotopic (exact) mass is 480 g/mol. The molecule has 10 heteroatoms. The number of rotatable bonds is 8. The summed E-state index contributed by atoms with van der Waals surface area (Å²) in [4.78, 5) is 20.9. The number of carbonyl (C=O) groups excluding carboxylic acids is 1. The van der Waals surface area contributed by atoms with Crippen LogP contribution in [0.2, 0.25) is 0 Å². The lowest BCUT2D eigenvalue weighted by Crippen LogP contribution is -2.39. The summed E-state index contributed by atoms with van der Waals surface area (Å²) in [7, 11) is 0. The zero-order chi connectivity index (χ0) is 24.2. The van der Waals surface area contributed by atoms with Crippen LogP contribution in [0.15, 0.2) is 42.6 Å². The Hall–Kier alpha value is -3.14. The third-order valence-corrected chi connectivity index (χ3v) is 5.73. The van der Waals surface area contributed by atoms with Crippen molar-refractivity contribution in [1.29, 1.82) is 0 Å². The molecule has 0 radical (unpaired) electrons. The third-order valence-electron chi connectivity index (χ3n) is 4.52. The van der Waals surface area contributed by atoms with E-state index in [1.807, 2.05) is 6.92 Å². The number of thiophene rings is 1. The van der Waals surface area contributed by atoms with Gasteiger partial charge in [0.2, 0.25) is 0 Å². The first kappa shape index (κ1) is 24.5. The summed E-state index contributed by atoms with van der Waals surface area (Å²) in [6, 6.07) is 9.36. The van der Waals surface area contributed by atoms with Crippen molar-refractivity contribution in [2.75, 3.05) is 6.61 Å². The van der Waals surface area contributed by atoms with Crippen LogP contribution in [-0.4, -0.2) is 28.1 Å². The summed E-state index contributed by atoms with van der Waals surface area (Å²) in [6.45, 7) is 7.32. The van der Waals surface area contributed by atoms with Crippen molar-refractivity contribution in [3.05, 3.63) is 58.7 Å². The number of nitrogens with zero attached hydrogens (tertiary/aromatic N) is 2. The van der Waals surface area contributed by atoms with E-state index in [1.165, 1.54) is 11.3 Å². The van der Waals surface area contributed by atoms with Crippen LogP contribution in [-0.2, 0) is 22.3 Å². The molecule has 0 amide bonds. The number of aryl methyl sites for hydroxylation is 1. The first-order chi connectivity index (χ1) is 15.5. The number of halogens is 3. The molecular weight excluding hydrogens is 457 g/mol. The van der Waals surface area contributed by atoms with E-state index in [2.05, 4.69) is 9.97 Å². The van der Waals surface area contributed by atoms with E-state index < -0.39 is 23.4 Å². The Morgan fingerprint density at radius 2 is 1.76 bits per heavy atom. The highest BCUT2D eigenvalue weighted by atomic mass is 32.1. The van der Waals surface area contributed by atoms with Gasteiger partial charge in [-0.1, -0.05) is 0 Å².